The summed E-state index contributed by atoms with van der Waals surface area (Å²) in [5.41, 5.74) is -0.454. The zero-order chi connectivity index (χ0) is 18.7. The predicted octanol–water partition coefficient (Wildman–Crippen LogP) is 3.08. The van der Waals surface area contributed by atoms with Gasteiger partial charge in [-0.1, -0.05) is 0 Å². The van der Waals surface area contributed by atoms with E-state index in [2.05, 4.69) is 28.8 Å². The zero-order valence-electron chi connectivity index (χ0n) is 16.6. The zero-order valence-corrected chi connectivity index (χ0v) is 17.4. The number of rotatable bonds is 7. The van der Waals surface area contributed by atoms with Crippen LogP contribution in [0.4, 0.5) is 4.79 Å². The lowest BCUT2D eigenvalue weighted by atomic mass is 10.1. The first-order valence-electron chi connectivity index (χ1n) is 9.37. The molecule has 2 N–H and O–H groups in total. The predicted molar refractivity (Wildman–Crippen MR) is 108 cm³/mol. The van der Waals surface area contributed by atoms with Crippen molar-refractivity contribution in [3.05, 3.63) is 0 Å². The van der Waals surface area contributed by atoms with Gasteiger partial charge in [-0.05, 0) is 65.4 Å². The first kappa shape index (κ1) is 21.9. The van der Waals surface area contributed by atoms with E-state index in [0.717, 1.165) is 44.9 Å². The van der Waals surface area contributed by atoms with E-state index in [9.17, 15) is 4.79 Å². The monoisotopic (exact) mass is 372 g/mol. The van der Waals surface area contributed by atoms with Gasteiger partial charge in [0, 0.05) is 32.2 Å². The van der Waals surface area contributed by atoms with Crippen molar-refractivity contribution in [2.24, 2.45) is 4.99 Å². The lowest BCUT2D eigenvalue weighted by molar-refractivity contribution is 0.0193. The highest BCUT2D eigenvalue weighted by Crippen LogP contribution is 2.15. The second-order valence-electron chi connectivity index (χ2n) is 7.37. The molecule has 1 atom stereocenters. The Labute approximate surface area is 157 Å². The largest absolute Gasteiger partial charge is 0.444 e. The Kier molecular flexibility index (Phi) is 10.1. The van der Waals surface area contributed by atoms with Crippen LogP contribution in [-0.2, 0) is 4.74 Å². The van der Waals surface area contributed by atoms with Crippen LogP contribution in [0.5, 0.6) is 0 Å². The van der Waals surface area contributed by atoms with Crippen LogP contribution in [-0.4, -0.2) is 66.8 Å². The molecule has 25 heavy (non-hydrogen) atoms. The Morgan fingerprint density at radius 3 is 2.76 bits per heavy atom. The SMILES string of the molecule is CCNC(=NCCCCSC)NC1CCCN(C(=O)OC(C)(C)C)C1. The van der Waals surface area contributed by atoms with E-state index in [1.54, 1.807) is 4.90 Å². The number of carbonyl (C=O) groups excluding carboxylic acids is 1. The summed E-state index contributed by atoms with van der Waals surface area (Å²) in [4.78, 5) is 18.7. The summed E-state index contributed by atoms with van der Waals surface area (Å²) in [6.45, 7) is 10.9. The number of piperidine rings is 1. The van der Waals surface area contributed by atoms with Crippen molar-refractivity contribution in [1.29, 1.82) is 0 Å². The number of carbonyl (C=O) groups is 1. The summed E-state index contributed by atoms with van der Waals surface area (Å²) in [6.07, 6.45) is 6.22. The van der Waals surface area contributed by atoms with Gasteiger partial charge in [0.05, 0.1) is 0 Å². The van der Waals surface area contributed by atoms with Crippen LogP contribution < -0.4 is 10.6 Å². The summed E-state index contributed by atoms with van der Waals surface area (Å²) < 4.78 is 5.49. The van der Waals surface area contributed by atoms with Crippen molar-refractivity contribution in [2.45, 2.75) is 65.0 Å². The first-order valence-corrected chi connectivity index (χ1v) is 10.8. The van der Waals surface area contributed by atoms with Crippen molar-refractivity contribution >= 4 is 23.8 Å². The Hall–Kier alpha value is -1.11. The number of likely N-dealkylation sites (tertiary alicyclic amines) is 1. The molecule has 0 aromatic rings. The molecule has 1 amide bonds. The van der Waals surface area contributed by atoms with Crippen LogP contribution in [0.2, 0.25) is 0 Å². The quantitative estimate of drug-likeness (QED) is 0.408. The van der Waals surface area contributed by atoms with E-state index in [1.165, 1.54) is 12.2 Å². The Bertz CT molecular complexity index is 424. The molecule has 1 aliphatic heterocycles. The number of thioether (sulfide) groups is 1. The molecular weight excluding hydrogens is 336 g/mol. The van der Waals surface area contributed by atoms with Crippen LogP contribution in [0.25, 0.3) is 0 Å². The highest BCUT2D eigenvalue weighted by atomic mass is 32.2. The minimum Gasteiger partial charge on any atom is -0.444 e. The van der Waals surface area contributed by atoms with Gasteiger partial charge in [-0.3, -0.25) is 4.99 Å². The number of unbranched alkanes of at least 4 members (excludes halogenated alkanes) is 1. The van der Waals surface area contributed by atoms with Gasteiger partial charge in [0.2, 0.25) is 0 Å². The molecule has 0 spiro atoms. The Balaban J connectivity index is 2.50. The number of hydrogen-bond donors (Lipinski definition) is 2. The normalized spacial score (nSPS) is 18.8. The molecule has 1 saturated heterocycles. The molecule has 1 rings (SSSR count). The van der Waals surface area contributed by atoms with E-state index in [1.807, 2.05) is 32.5 Å². The van der Waals surface area contributed by atoms with Crippen LogP contribution in [0.3, 0.4) is 0 Å². The molecular formula is C18H36N4O2S. The van der Waals surface area contributed by atoms with Crippen LogP contribution >= 0.6 is 11.8 Å². The number of nitrogens with one attached hydrogen (secondary N) is 2. The van der Waals surface area contributed by atoms with Gasteiger partial charge in [-0.2, -0.15) is 11.8 Å². The van der Waals surface area contributed by atoms with Crippen LogP contribution in [0.15, 0.2) is 4.99 Å². The van der Waals surface area contributed by atoms with Crippen molar-refractivity contribution in [1.82, 2.24) is 15.5 Å². The summed E-state index contributed by atoms with van der Waals surface area (Å²) >= 11 is 1.88. The van der Waals surface area contributed by atoms with Gasteiger partial charge < -0.3 is 20.3 Å². The lowest BCUT2D eigenvalue weighted by Crippen LogP contribution is -2.53. The summed E-state index contributed by atoms with van der Waals surface area (Å²) in [7, 11) is 0. The Morgan fingerprint density at radius 2 is 2.12 bits per heavy atom. The summed E-state index contributed by atoms with van der Waals surface area (Å²) in [5.74, 6) is 2.04. The van der Waals surface area contributed by atoms with E-state index >= 15 is 0 Å². The third kappa shape index (κ3) is 9.82. The maximum absolute atomic E-state index is 12.3. The van der Waals surface area contributed by atoms with Gasteiger partial charge in [0.15, 0.2) is 5.96 Å². The summed E-state index contributed by atoms with van der Waals surface area (Å²) in [5, 5.41) is 6.78. The van der Waals surface area contributed by atoms with E-state index in [0.29, 0.717) is 6.54 Å². The highest BCUT2D eigenvalue weighted by Gasteiger charge is 2.27. The molecule has 1 heterocycles. The molecule has 0 radical (unpaired) electrons. The van der Waals surface area contributed by atoms with Crippen LogP contribution in [0, 0.1) is 0 Å². The number of aliphatic imine (C=N–C) groups is 1. The van der Waals surface area contributed by atoms with Gasteiger partial charge in [0.25, 0.3) is 0 Å². The minimum atomic E-state index is -0.454. The van der Waals surface area contributed by atoms with Crippen LogP contribution in [0.1, 0.15) is 53.4 Å². The lowest BCUT2D eigenvalue weighted by Gasteiger charge is -2.35. The molecule has 1 aliphatic rings. The van der Waals surface area contributed by atoms with Crippen molar-refractivity contribution in [3.63, 3.8) is 0 Å². The molecule has 1 unspecified atom stereocenters. The number of guanidine groups is 1. The van der Waals surface area contributed by atoms with Gasteiger partial charge >= 0.3 is 6.09 Å². The van der Waals surface area contributed by atoms with Crippen molar-refractivity contribution < 1.29 is 9.53 Å². The van der Waals surface area contributed by atoms with Gasteiger partial charge in [-0.25, -0.2) is 4.79 Å². The molecule has 7 heteroatoms. The fourth-order valence-corrected chi connectivity index (χ4v) is 3.14. The van der Waals surface area contributed by atoms with Gasteiger partial charge in [-0.15, -0.1) is 0 Å². The first-order chi connectivity index (χ1) is 11.9. The fraction of sp³-hybridized carbons (Fsp3) is 0.889. The second-order valence-corrected chi connectivity index (χ2v) is 8.36. The molecule has 0 saturated carbocycles. The van der Waals surface area contributed by atoms with E-state index < -0.39 is 5.60 Å². The number of ether oxygens (including phenoxy) is 1. The molecule has 1 fully saturated rings. The Morgan fingerprint density at radius 1 is 1.36 bits per heavy atom. The highest BCUT2D eigenvalue weighted by molar-refractivity contribution is 7.98. The molecule has 146 valence electrons. The fourth-order valence-electron chi connectivity index (χ4n) is 2.65. The molecule has 0 bridgehead atoms. The third-order valence-electron chi connectivity index (χ3n) is 3.78. The van der Waals surface area contributed by atoms with Crippen molar-refractivity contribution in [3.8, 4) is 0 Å². The second kappa shape index (κ2) is 11.5. The minimum absolute atomic E-state index is 0.213. The maximum atomic E-state index is 12.3. The van der Waals surface area contributed by atoms with E-state index in [4.69, 9.17) is 4.74 Å². The van der Waals surface area contributed by atoms with E-state index in [-0.39, 0.29) is 12.1 Å². The number of amides is 1. The number of nitrogens with zero attached hydrogens (tertiary/aromatic N) is 2. The smallest absolute Gasteiger partial charge is 0.410 e. The van der Waals surface area contributed by atoms with Gasteiger partial charge in [0.1, 0.15) is 5.60 Å². The molecule has 0 aliphatic carbocycles. The molecule has 6 nitrogen and oxygen atoms in total. The topological polar surface area (TPSA) is 66.0 Å². The summed E-state index contributed by atoms with van der Waals surface area (Å²) in [6, 6.07) is 0.213. The maximum Gasteiger partial charge on any atom is 0.410 e. The number of hydrogen-bond acceptors (Lipinski definition) is 4. The van der Waals surface area contributed by atoms with Crippen molar-refractivity contribution in [2.75, 3.05) is 38.2 Å². The third-order valence-corrected chi connectivity index (χ3v) is 4.48. The average Bonchev–Trinajstić information content (AvgIpc) is 2.53. The standard InChI is InChI=1S/C18H36N4O2S/c1-6-19-16(20-11-7-8-13-25-5)21-15-10-9-12-22(14-15)17(23)24-18(2,3)4/h15H,6-14H2,1-5H3,(H2,19,20,21). The molecule has 0 aromatic heterocycles. The average molecular weight is 373 g/mol. The molecule has 0 aromatic carbocycles.